The third-order valence-electron chi connectivity index (χ3n) is 16.4. The Bertz CT molecular complexity index is 4300. The van der Waals surface area contributed by atoms with Crippen LogP contribution in [0.2, 0.25) is 0 Å². The van der Waals surface area contributed by atoms with Crippen LogP contribution in [0.5, 0.6) is 0 Å². The molecule has 8 amide bonds. The first-order valence-corrected chi connectivity index (χ1v) is 28.4. The van der Waals surface area contributed by atoms with Gasteiger partial charge in [-0.2, -0.15) is 0 Å². The molecule has 8 N–H and O–H groups in total. The first-order chi connectivity index (χ1) is 42.7. The lowest BCUT2D eigenvalue weighted by Gasteiger charge is -2.40. The van der Waals surface area contributed by atoms with E-state index < -0.39 is 58.8 Å². The van der Waals surface area contributed by atoms with Gasteiger partial charge in [-0.3, -0.25) is 43.2 Å². The zero-order valence-corrected chi connectivity index (χ0v) is 51.2. The maximum absolute atomic E-state index is 13.9. The molecule has 1 aliphatic heterocycles. The molecule has 2 aliphatic rings. The highest BCUT2D eigenvalue weighted by Gasteiger charge is 2.58. The summed E-state index contributed by atoms with van der Waals surface area (Å²) in [5.74, 6) is -4.36. The number of carbonyl (C=O) groups excluding carboxylic acids is 10. The van der Waals surface area contributed by atoms with Crippen molar-refractivity contribution in [2.24, 2.45) is 55.3 Å². The molecule has 10 rings (SSSR count). The summed E-state index contributed by atoms with van der Waals surface area (Å²) in [6, 6.07) is 5.66. The number of esters is 1. The van der Waals surface area contributed by atoms with Crippen LogP contribution in [-0.4, -0.2) is 142 Å². The summed E-state index contributed by atoms with van der Waals surface area (Å²) in [5, 5.41) is 19.2. The van der Waals surface area contributed by atoms with E-state index in [1.807, 2.05) is 13.8 Å². The summed E-state index contributed by atoms with van der Waals surface area (Å²) in [6.07, 6.45) is 15.8. The number of likely N-dealkylation sites (tertiary alicyclic amines) is 1. The van der Waals surface area contributed by atoms with Gasteiger partial charge in [0, 0.05) is 159 Å². The van der Waals surface area contributed by atoms with Gasteiger partial charge >= 0.3 is 5.97 Å². The first kappa shape index (κ1) is 61.7. The SMILES string of the molecule is COC(=O)c1c(C)[nH]c2c1[C@]1(C)C(CC2=O)N(C(=O)C=Cc2cc(NC(=O)c3cc(NC(=O)c4nc(NC(=O)CCCNC(=O)c5cc(NC(=O)c6cc(NC(=O)c7nc(NC(=O)c8nccn8C)cn7C)cn6C)cn5C)cn4C)cn3C)cn2C)C[C@H]1C. The van der Waals surface area contributed by atoms with Crippen LogP contribution >= 0.6 is 0 Å². The number of methoxy groups -OCH3 is 1. The van der Waals surface area contributed by atoms with E-state index in [9.17, 15) is 47.9 Å². The van der Waals surface area contributed by atoms with E-state index >= 15 is 0 Å². The van der Waals surface area contributed by atoms with E-state index in [0.717, 1.165) is 0 Å². The lowest BCUT2D eigenvalue weighted by atomic mass is 9.64. The molecule has 0 radical (unpaired) electrons. The zero-order chi connectivity index (χ0) is 64.8. The van der Waals surface area contributed by atoms with Crippen LogP contribution < -0.4 is 37.2 Å². The average molecular weight is 1230 g/mol. The fourth-order valence-electron chi connectivity index (χ4n) is 11.6. The standard InChI is InChI=1S/C60H67N19O11/c1-31-24-79(42-23-41(80)49-48(60(31,42)3)47(32(2)63-49)59(89)90-11)46(82)15-14-37-19-33(25-73(37)5)64-54(84)39-21-35(27-75(39)7)66-57(87)51-69-43(29-77(51)9)68-45(81)13-12-16-62-53(83)38-20-34(26-74(38)6)65-55(85)40-22-36(28-76(40)8)67-58(88)52-70-44(30-78(52)10)71-56(86)50-61-17-18-72(50)4/h14-15,17-22,25-31,42,63H,12-13,16,23-24H2,1-11H3,(H,62,83)(H,64,84)(H,65,85)(H,66,87)(H,67,88)(H,68,81)(H,71,86)/t31-,42?,60+/m1/s1. The number of aromatic nitrogens is 11. The van der Waals surface area contributed by atoms with Crippen molar-refractivity contribution in [2.75, 3.05) is 52.1 Å². The van der Waals surface area contributed by atoms with Crippen LogP contribution in [0.15, 0.2) is 79.9 Å². The number of hydrogen-bond acceptors (Lipinski definition) is 14. The molecule has 468 valence electrons. The van der Waals surface area contributed by atoms with Crippen LogP contribution in [0.3, 0.4) is 0 Å². The Morgan fingerprint density at radius 2 is 1.16 bits per heavy atom. The number of H-pyrrole nitrogens is 1. The van der Waals surface area contributed by atoms with E-state index in [0.29, 0.717) is 57.5 Å². The molecule has 1 fully saturated rings. The normalized spacial score (nSPS) is 15.9. The van der Waals surface area contributed by atoms with Gasteiger partial charge in [-0.05, 0) is 49.6 Å². The largest absolute Gasteiger partial charge is 0.465 e. The van der Waals surface area contributed by atoms with Gasteiger partial charge in [-0.1, -0.05) is 13.8 Å². The Labute approximate surface area is 514 Å². The summed E-state index contributed by atoms with van der Waals surface area (Å²) in [7, 11) is 12.8. The van der Waals surface area contributed by atoms with Crippen molar-refractivity contribution in [3.63, 3.8) is 0 Å². The number of carbonyl (C=O) groups is 10. The Kier molecular flexibility index (Phi) is 16.8. The highest BCUT2D eigenvalue weighted by Crippen LogP contribution is 2.51. The van der Waals surface area contributed by atoms with Crippen molar-refractivity contribution in [2.45, 2.75) is 51.5 Å². The molecule has 30 heteroatoms. The summed E-state index contributed by atoms with van der Waals surface area (Å²) in [5.41, 5.74) is 3.73. The average Bonchev–Trinajstić information content (AvgIpc) is 1.53. The van der Waals surface area contributed by atoms with Gasteiger partial charge in [-0.25, -0.2) is 19.7 Å². The number of nitrogens with one attached hydrogen (secondary N) is 8. The molecule has 90 heavy (non-hydrogen) atoms. The number of amides is 8. The second kappa shape index (κ2) is 24.4. The number of ether oxygens (including phenoxy) is 1. The smallest absolute Gasteiger partial charge is 0.340 e. The minimum absolute atomic E-state index is 0.00448. The predicted octanol–water partition coefficient (Wildman–Crippen LogP) is 4.48. The fraction of sp³-hybridized carbons (Fsp3) is 0.317. The van der Waals surface area contributed by atoms with Crippen LogP contribution in [-0.2, 0) is 69.1 Å². The molecule has 30 nitrogen and oxygen atoms in total. The maximum atomic E-state index is 13.9. The van der Waals surface area contributed by atoms with Crippen molar-refractivity contribution in [1.82, 2.24) is 62.1 Å². The monoisotopic (exact) mass is 1230 g/mol. The van der Waals surface area contributed by atoms with Gasteiger partial charge in [0.15, 0.2) is 23.2 Å². The number of fused-ring (bicyclic) bond motifs is 3. The van der Waals surface area contributed by atoms with Gasteiger partial charge in [0.05, 0.1) is 41.1 Å². The highest BCUT2D eigenvalue weighted by atomic mass is 16.5. The molecule has 1 unspecified atom stereocenters. The number of rotatable bonds is 19. The van der Waals surface area contributed by atoms with E-state index in [2.05, 4.69) is 57.2 Å². The summed E-state index contributed by atoms with van der Waals surface area (Å²) in [6.45, 7) is 6.22. The van der Waals surface area contributed by atoms with Crippen molar-refractivity contribution in [3.8, 4) is 0 Å². The molecule has 0 saturated carbocycles. The van der Waals surface area contributed by atoms with Crippen LogP contribution in [0.25, 0.3) is 6.08 Å². The Hall–Kier alpha value is -11.3. The molecule has 9 heterocycles. The van der Waals surface area contributed by atoms with Crippen LogP contribution in [0.1, 0.15) is 134 Å². The van der Waals surface area contributed by atoms with Gasteiger partial charge in [0.2, 0.25) is 23.5 Å². The molecule has 1 saturated heterocycles. The van der Waals surface area contributed by atoms with Gasteiger partial charge in [-0.15, -0.1) is 0 Å². The number of hydrogen-bond donors (Lipinski definition) is 8. The summed E-state index contributed by atoms with van der Waals surface area (Å²) in [4.78, 5) is 150. The lowest BCUT2D eigenvalue weighted by molar-refractivity contribution is -0.127. The molecule has 8 aromatic rings. The van der Waals surface area contributed by atoms with E-state index in [1.54, 1.807) is 113 Å². The van der Waals surface area contributed by atoms with Crippen LogP contribution in [0, 0.1) is 12.8 Å². The highest BCUT2D eigenvalue weighted by molar-refractivity contribution is 6.09. The van der Waals surface area contributed by atoms with Gasteiger partial charge in [0.25, 0.3) is 35.4 Å². The van der Waals surface area contributed by atoms with E-state index in [-0.39, 0.29) is 89.6 Å². The zero-order valence-electron chi connectivity index (χ0n) is 51.2. The van der Waals surface area contributed by atoms with Crippen LogP contribution in [0.4, 0.5) is 34.4 Å². The number of ketones is 1. The maximum Gasteiger partial charge on any atom is 0.340 e. The molecule has 0 bridgehead atoms. The second-order valence-corrected chi connectivity index (χ2v) is 22.6. The third kappa shape index (κ3) is 12.1. The minimum Gasteiger partial charge on any atom is -0.465 e. The lowest BCUT2D eigenvalue weighted by Crippen LogP contribution is -2.49. The molecule has 0 spiro atoms. The Morgan fingerprint density at radius 3 is 1.70 bits per heavy atom. The quantitative estimate of drug-likeness (QED) is 0.0315. The Morgan fingerprint density at radius 1 is 0.644 bits per heavy atom. The Balaban J connectivity index is 0.662. The molecular formula is C60H67N19O11. The molecular weight excluding hydrogens is 1160 g/mol. The van der Waals surface area contributed by atoms with Gasteiger partial charge in [0.1, 0.15) is 17.1 Å². The van der Waals surface area contributed by atoms with Crippen molar-refractivity contribution < 1.29 is 52.7 Å². The van der Waals surface area contributed by atoms with Crippen molar-refractivity contribution >= 4 is 99.5 Å². The number of imidazole rings is 3. The molecule has 3 atom stereocenters. The van der Waals surface area contributed by atoms with Crippen molar-refractivity contribution in [1.29, 1.82) is 0 Å². The molecule has 8 aromatic heterocycles. The minimum atomic E-state index is -0.696. The number of Topliss-reactive ketones (excluding diaryl/α,β-unsaturated/α-hetero) is 1. The van der Waals surface area contributed by atoms with Crippen molar-refractivity contribution in [3.05, 3.63) is 143 Å². The molecule has 0 aromatic carbocycles. The number of aryl methyl sites for hydroxylation is 8. The topological polar surface area (TPSA) is 356 Å². The third-order valence-corrected chi connectivity index (χ3v) is 16.4. The summed E-state index contributed by atoms with van der Waals surface area (Å²) >= 11 is 0. The number of aromatic amines is 1. The summed E-state index contributed by atoms with van der Waals surface area (Å²) < 4.78 is 15.8. The van der Waals surface area contributed by atoms with Gasteiger partial charge < -0.3 is 83.8 Å². The second-order valence-electron chi connectivity index (χ2n) is 22.6. The first-order valence-electron chi connectivity index (χ1n) is 28.4. The predicted molar refractivity (Wildman–Crippen MR) is 328 cm³/mol. The number of nitrogens with zero attached hydrogens (tertiary/aromatic N) is 11. The van der Waals surface area contributed by atoms with E-state index in [1.165, 1.54) is 72.8 Å². The molecule has 1 aliphatic carbocycles. The number of anilines is 6. The fourth-order valence-corrected chi connectivity index (χ4v) is 11.6. The van der Waals surface area contributed by atoms with E-state index in [4.69, 9.17) is 4.74 Å².